The minimum absolute atomic E-state index is 0.0212. The van der Waals surface area contributed by atoms with E-state index in [2.05, 4.69) is 10.6 Å². The summed E-state index contributed by atoms with van der Waals surface area (Å²) in [4.78, 5) is 12.2. The summed E-state index contributed by atoms with van der Waals surface area (Å²) in [5.74, 6) is 0. The summed E-state index contributed by atoms with van der Waals surface area (Å²) in [7, 11) is 0. The minimum atomic E-state index is -0.236. The Morgan fingerprint density at radius 3 is 2.26 bits per heavy atom. The lowest BCUT2D eigenvalue weighted by molar-refractivity contribution is 0.226. The third kappa shape index (κ3) is 5.11. The highest BCUT2D eigenvalue weighted by Crippen LogP contribution is 2.17. The maximum Gasteiger partial charge on any atom is 0.315 e. The van der Waals surface area contributed by atoms with E-state index in [9.17, 15) is 9.90 Å². The molecule has 0 bridgehead atoms. The van der Waals surface area contributed by atoms with Gasteiger partial charge in [0.25, 0.3) is 0 Å². The Morgan fingerprint density at radius 1 is 1.00 bits per heavy atom. The fourth-order valence-corrected chi connectivity index (χ4v) is 2.47. The predicted molar refractivity (Wildman–Crippen MR) is 92.1 cm³/mol. The van der Waals surface area contributed by atoms with Crippen molar-refractivity contribution in [1.29, 1.82) is 0 Å². The number of benzene rings is 2. The predicted octanol–water partition coefficient (Wildman–Crippen LogP) is 3.48. The van der Waals surface area contributed by atoms with Crippen LogP contribution in [0.1, 0.15) is 42.1 Å². The van der Waals surface area contributed by atoms with Gasteiger partial charge in [0.05, 0.1) is 12.1 Å². The number of urea groups is 1. The van der Waals surface area contributed by atoms with Crippen LogP contribution < -0.4 is 10.6 Å². The number of hydrogen-bond donors (Lipinski definition) is 3. The Labute approximate surface area is 137 Å². The zero-order chi connectivity index (χ0) is 16.7. The van der Waals surface area contributed by atoms with Gasteiger partial charge in [0.15, 0.2) is 0 Å². The van der Waals surface area contributed by atoms with Gasteiger partial charge in [-0.05, 0) is 31.4 Å². The van der Waals surface area contributed by atoms with Gasteiger partial charge in [-0.25, -0.2) is 4.79 Å². The summed E-state index contributed by atoms with van der Waals surface area (Å²) >= 11 is 0. The molecule has 2 rings (SSSR count). The monoisotopic (exact) mass is 312 g/mol. The van der Waals surface area contributed by atoms with E-state index in [0.717, 1.165) is 11.1 Å². The lowest BCUT2D eigenvalue weighted by Gasteiger charge is -2.21. The minimum Gasteiger partial charge on any atom is -0.396 e. The summed E-state index contributed by atoms with van der Waals surface area (Å²) in [6, 6.07) is 17.3. The highest BCUT2D eigenvalue weighted by Gasteiger charge is 2.15. The first-order valence-corrected chi connectivity index (χ1v) is 7.89. The van der Waals surface area contributed by atoms with Crippen LogP contribution in [0.25, 0.3) is 0 Å². The fourth-order valence-electron chi connectivity index (χ4n) is 2.47. The molecule has 0 spiro atoms. The number of nitrogens with one attached hydrogen (secondary N) is 2. The second kappa shape index (κ2) is 8.34. The SMILES string of the molecule is Cc1ccc(C(C)NC(=O)N[C@H](CCO)c2ccccc2)cc1. The number of rotatable bonds is 6. The van der Waals surface area contributed by atoms with Crippen LogP contribution >= 0.6 is 0 Å². The van der Waals surface area contributed by atoms with E-state index in [4.69, 9.17) is 0 Å². The smallest absolute Gasteiger partial charge is 0.315 e. The summed E-state index contributed by atoms with van der Waals surface area (Å²) in [6.07, 6.45) is 0.482. The second-order valence-corrected chi connectivity index (χ2v) is 5.73. The van der Waals surface area contributed by atoms with Crippen molar-refractivity contribution in [3.8, 4) is 0 Å². The van der Waals surface area contributed by atoms with Crippen molar-refractivity contribution in [2.45, 2.75) is 32.4 Å². The van der Waals surface area contributed by atoms with Gasteiger partial charge in [-0.3, -0.25) is 0 Å². The van der Waals surface area contributed by atoms with Gasteiger partial charge in [0, 0.05) is 6.61 Å². The van der Waals surface area contributed by atoms with E-state index in [1.54, 1.807) is 0 Å². The molecular formula is C19H24N2O2. The summed E-state index contributed by atoms with van der Waals surface area (Å²) in [5, 5.41) is 15.1. The van der Waals surface area contributed by atoms with Gasteiger partial charge in [0.2, 0.25) is 0 Å². The molecule has 0 fully saturated rings. The molecule has 4 nitrogen and oxygen atoms in total. The van der Waals surface area contributed by atoms with Crippen molar-refractivity contribution in [2.24, 2.45) is 0 Å². The van der Waals surface area contributed by atoms with Gasteiger partial charge < -0.3 is 15.7 Å². The zero-order valence-corrected chi connectivity index (χ0v) is 13.6. The molecule has 2 aromatic rings. The van der Waals surface area contributed by atoms with Gasteiger partial charge in [-0.1, -0.05) is 60.2 Å². The van der Waals surface area contributed by atoms with E-state index in [-0.39, 0.29) is 24.7 Å². The molecule has 2 aromatic carbocycles. The molecule has 0 aliphatic rings. The number of carbonyl (C=O) groups is 1. The van der Waals surface area contributed by atoms with E-state index in [1.807, 2.05) is 68.4 Å². The molecule has 0 aromatic heterocycles. The molecule has 4 heteroatoms. The van der Waals surface area contributed by atoms with Crippen LogP contribution in [0, 0.1) is 6.92 Å². The molecule has 2 amide bonds. The third-order valence-corrected chi connectivity index (χ3v) is 3.85. The normalized spacial score (nSPS) is 13.2. The molecule has 0 radical (unpaired) electrons. The van der Waals surface area contributed by atoms with Crippen molar-refractivity contribution in [3.63, 3.8) is 0 Å². The van der Waals surface area contributed by atoms with E-state index >= 15 is 0 Å². The lowest BCUT2D eigenvalue weighted by Crippen LogP contribution is -2.39. The number of hydrogen-bond acceptors (Lipinski definition) is 2. The topological polar surface area (TPSA) is 61.4 Å². The highest BCUT2D eigenvalue weighted by atomic mass is 16.3. The maximum atomic E-state index is 12.2. The molecule has 1 unspecified atom stereocenters. The molecule has 122 valence electrons. The van der Waals surface area contributed by atoms with E-state index in [0.29, 0.717) is 6.42 Å². The average molecular weight is 312 g/mol. The summed E-state index contributed by atoms with van der Waals surface area (Å²) in [6.45, 7) is 4.01. The highest BCUT2D eigenvalue weighted by molar-refractivity contribution is 5.75. The van der Waals surface area contributed by atoms with E-state index < -0.39 is 0 Å². The van der Waals surface area contributed by atoms with Crippen LogP contribution in [-0.2, 0) is 0 Å². The maximum absolute atomic E-state index is 12.2. The van der Waals surface area contributed by atoms with Crippen LogP contribution in [0.2, 0.25) is 0 Å². The Balaban J connectivity index is 1.97. The van der Waals surface area contributed by atoms with Gasteiger partial charge in [0.1, 0.15) is 0 Å². The van der Waals surface area contributed by atoms with Crippen molar-refractivity contribution < 1.29 is 9.90 Å². The quantitative estimate of drug-likeness (QED) is 0.765. The Kier molecular flexibility index (Phi) is 6.18. The van der Waals surface area contributed by atoms with Gasteiger partial charge in [-0.2, -0.15) is 0 Å². The molecule has 0 heterocycles. The van der Waals surface area contributed by atoms with E-state index in [1.165, 1.54) is 5.56 Å². The number of aliphatic hydroxyl groups is 1. The molecule has 0 aliphatic heterocycles. The van der Waals surface area contributed by atoms with Crippen LogP contribution in [0.4, 0.5) is 4.79 Å². The first-order chi connectivity index (χ1) is 11.1. The summed E-state index contributed by atoms with van der Waals surface area (Å²) in [5.41, 5.74) is 3.24. The lowest BCUT2D eigenvalue weighted by atomic mass is 10.0. The molecule has 0 saturated carbocycles. The van der Waals surface area contributed by atoms with Crippen LogP contribution in [0.15, 0.2) is 54.6 Å². The standard InChI is InChI=1S/C19H24N2O2/c1-14-8-10-16(11-9-14)15(2)20-19(23)21-18(12-13-22)17-6-4-3-5-7-17/h3-11,15,18,22H,12-13H2,1-2H3,(H2,20,21,23)/t15?,18-/m1/s1. The first kappa shape index (κ1) is 17.0. The van der Waals surface area contributed by atoms with Crippen molar-refractivity contribution >= 4 is 6.03 Å². The van der Waals surface area contributed by atoms with Gasteiger partial charge >= 0.3 is 6.03 Å². The Hall–Kier alpha value is -2.33. The molecule has 23 heavy (non-hydrogen) atoms. The fraction of sp³-hybridized carbons (Fsp3) is 0.316. The first-order valence-electron chi connectivity index (χ1n) is 7.89. The average Bonchev–Trinajstić information content (AvgIpc) is 2.55. The molecule has 3 N–H and O–H groups in total. The van der Waals surface area contributed by atoms with Crippen molar-refractivity contribution in [1.82, 2.24) is 10.6 Å². The van der Waals surface area contributed by atoms with Crippen LogP contribution in [-0.4, -0.2) is 17.7 Å². The van der Waals surface area contributed by atoms with Gasteiger partial charge in [-0.15, -0.1) is 0 Å². The van der Waals surface area contributed by atoms with Crippen molar-refractivity contribution in [3.05, 3.63) is 71.3 Å². The molecule has 0 saturated heterocycles. The number of amides is 2. The zero-order valence-electron chi connectivity index (χ0n) is 13.6. The number of aryl methyl sites for hydroxylation is 1. The molecule has 0 aliphatic carbocycles. The molecule has 2 atom stereocenters. The second-order valence-electron chi connectivity index (χ2n) is 5.73. The summed E-state index contributed by atoms with van der Waals surface area (Å²) < 4.78 is 0. The molecular weight excluding hydrogens is 288 g/mol. The van der Waals surface area contributed by atoms with Crippen LogP contribution in [0.3, 0.4) is 0 Å². The third-order valence-electron chi connectivity index (χ3n) is 3.85. The number of aliphatic hydroxyl groups excluding tert-OH is 1. The van der Waals surface area contributed by atoms with Crippen LogP contribution in [0.5, 0.6) is 0 Å². The Bertz CT molecular complexity index is 611. The Morgan fingerprint density at radius 2 is 1.65 bits per heavy atom. The number of carbonyl (C=O) groups excluding carboxylic acids is 1. The van der Waals surface area contributed by atoms with Crippen molar-refractivity contribution in [2.75, 3.05) is 6.61 Å². The largest absolute Gasteiger partial charge is 0.396 e.